The van der Waals surface area contributed by atoms with Gasteiger partial charge in [0.05, 0.1) is 7.11 Å². The van der Waals surface area contributed by atoms with Crippen LogP contribution in [0.25, 0.3) is 5.57 Å². The molecule has 5 rings (SSSR count). The summed E-state index contributed by atoms with van der Waals surface area (Å²) in [5, 5.41) is 0. The van der Waals surface area contributed by atoms with Crippen molar-refractivity contribution in [2.75, 3.05) is 85.6 Å². The Morgan fingerprint density at radius 2 is 1.54 bits per heavy atom. The van der Waals surface area contributed by atoms with Crippen LogP contribution in [0.5, 0.6) is 5.75 Å². The van der Waals surface area contributed by atoms with Crippen LogP contribution in [0.15, 0.2) is 23.8 Å². The van der Waals surface area contributed by atoms with E-state index in [2.05, 4.69) is 65.5 Å². The Kier molecular flexibility index (Phi) is 10.1. The van der Waals surface area contributed by atoms with Gasteiger partial charge in [-0.2, -0.15) is 0 Å². The molecule has 1 aromatic rings. The van der Waals surface area contributed by atoms with Crippen LogP contribution in [0.4, 0.5) is 0 Å². The fraction of sp³-hybridized carbons (Fsp3) is 0.765. The highest BCUT2D eigenvalue weighted by molar-refractivity contribution is 5.76. The molecule has 1 saturated carbocycles. The van der Waals surface area contributed by atoms with Crippen LogP contribution < -0.4 is 4.74 Å². The molecular weight excluding hydrogens is 480 g/mol. The van der Waals surface area contributed by atoms with E-state index >= 15 is 0 Å². The summed E-state index contributed by atoms with van der Waals surface area (Å²) in [5.41, 5.74) is 6.49. The first-order valence-corrected chi connectivity index (χ1v) is 16.2. The minimum absolute atomic E-state index is 0.757. The molecule has 2 atom stereocenters. The van der Waals surface area contributed by atoms with Gasteiger partial charge in [0, 0.05) is 52.4 Å². The van der Waals surface area contributed by atoms with Gasteiger partial charge in [0.25, 0.3) is 0 Å². The fourth-order valence-corrected chi connectivity index (χ4v) is 7.53. The van der Waals surface area contributed by atoms with Crippen molar-refractivity contribution >= 4 is 5.57 Å². The Morgan fingerprint density at radius 3 is 2.21 bits per heavy atom. The molecule has 2 unspecified atom stereocenters. The molecule has 2 fully saturated rings. The molecule has 1 aromatic carbocycles. The third-order valence-electron chi connectivity index (χ3n) is 9.56. The quantitative estimate of drug-likeness (QED) is 0.323. The van der Waals surface area contributed by atoms with Gasteiger partial charge in [0.2, 0.25) is 0 Å². The molecule has 0 amide bonds. The number of hydrogen-bond donors (Lipinski definition) is 0. The van der Waals surface area contributed by atoms with Gasteiger partial charge in [0.15, 0.2) is 0 Å². The van der Waals surface area contributed by atoms with E-state index in [1.165, 1.54) is 110 Å². The number of methoxy groups -OCH3 is 1. The molecule has 0 N–H and O–H groups in total. The summed E-state index contributed by atoms with van der Waals surface area (Å²) < 4.78 is 5.63. The van der Waals surface area contributed by atoms with Crippen LogP contribution in [0.2, 0.25) is 0 Å². The van der Waals surface area contributed by atoms with Crippen LogP contribution in [0.3, 0.4) is 0 Å². The molecule has 2 heterocycles. The van der Waals surface area contributed by atoms with Crippen molar-refractivity contribution in [1.29, 1.82) is 0 Å². The second-order valence-electron chi connectivity index (χ2n) is 13.8. The van der Waals surface area contributed by atoms with Crippen molar-refractivity contribution in [2.45, 2.75) is 65.7 Å². The molecule has 5 heteroatoms. The Morgan fingerprint density at radius 1 is 0.872 bits per heavy atom. The van der Waals surface area contributed by atoms with Gasteiger partial charge in [-0.1, -0.05) is 39.3 Å². The lowest BCUT2D eigenvalue weighted by molar-refractivity contribution is 0.120. The van der Waals surface area contributed by atoms with Gasteiger partial charge in [0.1, 0.15) is 5.75 Å². The zero-order valence-electron chi connectivity index (χ0n) is 25.8. The number of hydrogen-bond acceptors (Lipinski definition) is 5. The lowest BCUT2D eigenvalue weighted by Gasteiger charge is -2.36. The first kappa shape index (κ1) is 29.1. The molecule has 0 spiro atoms. The molecule has 0 radical (unpaired) electrons. The lowest BCUT2D eigenvalue weighted by atomic mass is 9.90. The lowest BCUT2D eigenvalue weighted by Crippen LogP contribution is -2.47. The Bertz CT molecular complexity index is 954. The first-order chi connectivity index (χ1) is 18.9. The third-order valence-corrected chi connectivity index (χ3v) is 9.56. The highest BCUT2D eigenvalue weighted by atomic mass is 16.5. The Balaban J connectivity index is 1.03. The monoisotopic (exact) mass is 536 g/mol. The van der Waals surface area contributed by atoms with Gasteiger partial charge in [-0.05, 0) is 111 Å². The van der Waals surface area contributed by atoms with Gasteiger partial charge in [-0.15, -0.1) is 0 Å². The number of fused-ring (bicyclic) bond motifs is 4. The predicted molar refractivity (Wildman–Crippen MR) is 165 cm³/mol. The smallest absolute Gasteiger partial charge is 0.119 e. The van der Waals surface area contributed by atoms with Crippen molar-refractivity contribution in [3.63, 3.8) is 0 Å². The largest absolute Gasteiger partial charge is 0.497 e. The van der Waals surface area contributed by atoms with E-state index < -0.39 is 0 Å². The summed E-state index contributed by atoms with van der Waals surface area (Å²) in [6.07, 6.45) is 6.59. The van der Waals surface area contributed by atoms with Gasteiger partial charge in [-0.3, -0.25) is 4.90 Å². The van der Waals surface area contributed by atoms with E-state index in [1.807, 2.05) is 0 Å². The molecule has 0 aromatic heterocycles. The number of nitrogens with zero attached hydrogens (tertiary/aromatic N) is 4. The minimum Gasteiger partial charge on any atom is -0.497 e. The van der Waals surface area contributed by atoms with Crippen molar-refractivity contribution < 1.29 is 4.74 Å². The van der Waals surface area contributed by atoms with Crippen LogP contribution in [0, 0.1) is 17.8 Å². The molecule has 218 valence electrons. The molecule has 2 aliphatic heterocycles. The third kappa shape index (κ3) is 7.87. The van der Waals surface area contributed by atoms with E-state index in [-0.39, 0.29) is 0 Å². The predicted octanol–water partition coefficient (Wildman–Crippen LogP) is 5.67. The van der Waals surface area contributed by atoms with Crippen LogP contribution in [-0.4, -0.2) is 105 Å². The standard InChI is InChI=1S/C34H56N4O/c1-26(2)23-38(24-27(3)4)14-7-12-36-18-16-35(17-19-36)11-6-13-37-15-10-28-20-29-21-32(29)31-9-8-30(39-5)22-33(31)34(28)25-37/h8-9,22,26-27,29,32H,6-7,10-21,23-25H2,1-5H3. The molecule has 39 heavy (non-hydrogen) atoms. The summed E-state index contributed by atoms with van der Waals surface area (Å²) in [7, 11) is 1.80. The summed E-state index contributed by atoms with van der Waals surface area (Å²) in [5.74, 6) is 4.22. The maximum atomic E-state index is 5.63. The second-order valence-corrected chi connectivity index (χ2v) is 13.8. The van der Waals surface area contributed by atoms with Crippen LogP contribution in [-0.2, 0) is 0 Å². The normalized spacial score (nSPS) is 24.2. The average molecular weight is 537 g/mol. The topological polar surface area (TPSA) is 22.2 Å². The van der Waals surface area contributed by atoms with E-state index in [4.69, 9.17) is 4.74 Å². The molecule has 1 saturated heterocycles. The molecule has 5 nitrogen and oxygen atoms in total. The number of ether oxygens (including phenoxy) is 1. The zero-order chi connectivity index (χ0) is 27.4. The zero-order valence-corrected chi connectivity index (χ0v) is 25.8. The molecular formula is C34H56N4O. The molecule has 2 aliphatic carbocycles. The maximum absolute atomic E-state index is 5.63. The second kappa shape index (κ2) is 13.5. The van der Waals surface area contributed by atoms with Crippen molar-refractivity contribution in [3.8, 4) is 5.75 Å². The summed E-state index contributed by atoms with van der Waals surface area (Å²) in [6, 6.07) is 6.87. The van der Waals surface area contributed by atoms with E-state index in [0.29, 0.717) is 0 Å². The van der Waals surface area contributed by atoms with Crippen LogP contribution >= 0.6 is 0 Å². The Labute approximate surface area is 239 Å². The van der Waals surface area contributed by atoms with Crippen LogP contribution in [0.1, 0.15) is 76.8 Å². The van der Waals surface area contributed by atoms with E-state index in [9.17, 15) is 0 Å². The minimum atomic E-state index is 0.757. The van der Waals surface area contributed by atoms with Gasteiger partial charge >= 0.3 is 0 Å². The van der Waals surface area contributed by atoms with Gasteiger partial charge < -0.3 is 19.4 Å². The highest BCUT2D eigenvalue weighted by Crippen LogP contribution is 2.56. The highest BCUT2D eigenvalue weighted by Gasteiger charge is 2.43. The number of piperazine rings is 1. The summed E-state index contributed by atoms with van der Waals surface area (Å²) in [6.45, 7) is 24.2. The van der Waals surface area contributed by atoms with Crippen molar-refractivity contribution in [1.82, 2.24) is 19.6 Å². The van der Waals surface area contributed by atoms with Gasteiger partial charge in [-0.25, -0.2) is 0 Å². The Hall–Kier alpha value is -1.40. The first-order valence-electron chi connectivity index (χ1n) is 16.2. The molecule has 4 aliphatic rings. The SMILES string of the molecule is COc1ccc2c(c1)C1=C(CCN(CCCN3CCN(CCCN(CC(C)C)CC(C)C)CC3)C1)CC1CC21. The average Bonchev–Trinajstić information content (AvgIpc) is 3.69. The number of benzene rings is 1. The van der Waals surface area contributed by atoms with E-state index in [1.54, 1.807) is 23.8 Å². The fourth-order valence-electron chi connectivity index (χ4n) is 7.53. The van der Waals surface area contributed by atoms with Crippen molar-refractivity contribution in [3.05, 3.63) is 34.9 Å². The maximum Gasteiger partial charge on any atom is 0.119 e. The van der Waals surface area contributed by atoms with Crippen molar-refractivity contribution in [2.24, 2.45) is 17.8 Å². The van der Waals surface area contributed by atoms with E-state index in [0.717, 1.165) is 36.0 Å². The summed E-state index contributed by atoms with van der Waals surface area (Å²) >= 11 is 0. The molecule has 0 bridgehead atoms. The summed E-state index contributed by atoms with van der Waals surface area (Å²) in [4.78, 5) is 10.8. The number of rotatable bonds is 13.